The lowest BCUT2D eigenvalue weighted by molar-refractivity contribution is -0.154. The van der Waals surface area contributed by atoms with Gasteiger partial charge in [0.1, 0.15) is 6.10 Å². The van der Waals surface area contributed by atoms with E-state index in [0.29, 0.717) is 13.0 Å². The third-order valence-corrected chi connectivity index (χ3v) is 14.9. The molecule has 0 saturated heterocycles. The highest BCUT2D eigenvalue weighted by Gasteiger charge is 2.25. The topological polar surface area (TPSA) is 117 Å². The average molecular weight is 1010 g/mol. The van der Waals surface area contributed by atoms with Crippen LogP contribution >= 0.6 is 7.82 Å². The van der Waals surface area contributed by atoms with Gasteiger partial charge in [0, 0.05) is 19.6 Å². The Morgan fingerprint density at radius 3 is 1.11 bits per heavy atom. The van der Waals surface area contributed by atoms with Crippen LogP contribution in [0.15, 0.2) is 24.3 Å². The van der Waals surface area contributed by atoms with Crippen molar-refractivity contribution in [3.05, 3.63) is 24.3 Å². The summed E-state index contributed by atoms with van der Waals surface area (Å²) in [6.07, 6.45) is 71.0. The highest BCUT2D eigenvalue weighted by molar-refractivity contribution is 7.47. The Labute approximate surface area is 436 Å². The van der Waals surface area contributed by atoms with Gasteiger partial charge in [-0.3, -0.25) is 13.8 Å². The molecule has 0 aliphatic rings. The van der Waals surface area contributed by atoms with Crippen molar-refractivity contribution >= 4 is 13.8 Å². The molecule has 0 saturated carbocycles. The van der Waals surface area contributed by atoms with Crippen LogP contribution in [-0.2, 0) is 27.9 Å². The number of esters is 1. The van der Waals surface area contributed by atoms with Crippen molar-refractivity contribution in [1.29, 1.82) is 0 Å². The van der Waals surface area contributed by atoms with Crippen LogP contribution in [0.2, 0.25) is 0 Å². The molecule has 0 bridgehead atoms. The molecule has 416 valence electrons. The summed E-state index contributed by atoms with van der Waals surface area (Å²) in [4.78, 5) is 22.7. The molecule has 0 heterocycles. The number of rotatable bonds is 60. The van der Waals surface area contributed by atoms with Gasteiger partial charge in [-0.25, -0.2) is 4.57 Å². The maximum absolute atomic E-state index is 12.7. The number of ether oxygens (including phenoxy) is 2. The largest absolute Gasteiger partial charge is 0.472 e. The first-order valence-corrected chi connectivity index (χ1v) is 32.3. The summed E-state index contributed by atoms with van der Waals surface area (Å²) in [5.74, 6) is -0.321. The molecule has 70 heavy (non-hydrogen) atoms. The van der Waals surface area contributed by atoms with Crippen LogP contribution in [0.25, 0.3) is 0 Å². The lowest BCUT2D eigenvalue weighted by Crippen LogP contribution is -2.28. The fourth-order valence-electron chi connectivity index (χ4n) is 9.33. The van der Waals surface area contributed by atoms with Gasteiger partial charge in [-0.05, 0) is 44.9 Å². The van der Waals surface area contributed by atoms with Gasteiger partial charge < -0.3 is 20.1 Å². The van der Waals surface area contributed by atoms with E-state index in [0.717, 1.165) is 38.5 Å². The number of phosphoric ester groups is 1. The number of phosphoric acid groups is 1. The van der Waals surface area contributed by atoms with E-state index in [9.17, 15) is 14.3 Å². The number of carbonyl (C=O) groups excluding carboxylic acids is 1. The monoisotopic (exact) mass is 1010 g/mol. The number of hydrogen-bond acceptors (Lipinski definition) is 7. The summed E-state index contributed by atoms with van der Waals surface area (Å²) in [5, 5.41) is 0. The molecule has 0 rings (SSSR count). The van der Waals surface area contributed by atoms with Crippen LogP contribution in [0.4, 0.5) is 0 Å². The summed E-state index contributed by atoms with van der Waals surface area (Å²) >= 11 is 0. The van der Waals surface area contributed by atoms with E-state index in [1.54, 1.807) is 0 Å². The van der Waals surface area contributed by atoms with Crippen molar-refractivity contribution in [3.63, 3.8) is 0 Å². The number of nitrogens with two attached hydrogens (primary N) is 1. The first-order valence-electron chi connectivity index (χ1n) is 30.8. The second-order valence-electron chi connectivity index (χ2n) is 20.9. The molecule has 0 radical (unpaired) electrons. The predicted molar refractivity (Wildman–Crippen MR) is 303 cm³/mol. The van der Waals surface area contributed by atoms with E-state index in [-0.39, 0.29) is 32.3 Å². The SMILES string of the molecule is CCCCCCC/C=C\C/C=C\CCCCCCCCCCCCCCCCOCC(COP(=O)(O)OCCN)OC(=O)CCCCCCCCCCCCCCCCCCCCCCCCCCC. The molecular weight excluding hydrogens is 890 g/mol. The molecule has 2 unspecified atom stereocenters. The fourth-order valence-corrected chi connectivity index (χ4v) is 10.1. The smallest absolute Gasteiger partial charge is 0.457 e. The molecule has 0 spiro atoms. The number of allylic oxidation sites excluding steroid dienone is 4. The Bertz CT molecular complexity index is 1130. The lowest BCUT2D eigenvalue weighted by atomic mass is 10.0. The zero-order valence-corrected chi connectivity index (χ0v) is 47.7. The summed E-state index contributed by atoms with van der Waals surface area (Å²) < 4.78 is 33.8. The van der Waals surface area contributed by atoms with Crippen molar-refractivity contribution in [3.8, 4) is 0 Å². The van der Waals surface area contributed by atoms with Gasteiger partial charge in [0.15, 0.2) is 0 Å². The Balaban J connectivity index is 3.81. The van der Waals surface area contributed by atoms with Crippen molar-refractivity contribution < 1.29 is 32.8 Å². The average Bonchev–Trinajstić information content (AvgIpc) is 3.35. The summed E-state index contributed by atoms with van der Waals surface area (Å²) in [6, 6.07) is 0. The van der Waals surface area contributed by atoms with Crippen molar-refractivity contribution in [1.82, 2.24) is 0 Å². The molecule has 0 aromatic carbocycles. The second-order valence-corrected chi connectivity index (χ2v) is 22.4. The maximum Gasteiger partial charge on any atom is 0.472 e. The highest BCUT2D eigenvalue weighted by Crippen LogP contribution is 2.43. The minimum Gasteiger partial charge on any atom is -0.457 e. The van der Waals surface area contributed by atoms with E-state index in [4.69, 9.17) is 24.3 Å². The first kappa shape index (κ1) is 69.0. The van der Waals surface area contributed by atoms with Gasteiger partial charge in [-0.1, -0.05) is 295 Å². The molecule has 0 aliphatic heterocycles. The Kier molecular flexibility index (Phi) is 58.0. The van der Waals surface area contributed by atoms with Crippen molar-refractivity contribution in [2.45, 2.75) is 328 Å². The van der Waals surface area contributed by atoms with Gasteiger partial charge in [0.25, 0.3) is 0 Å². The summed E-state index contributed by atoms with van der Waals surface area (Å²) in [6.45, 7) is 4.99. The van der Waals surface area contributed by atoms with Crippen LogP contribution in [0.3, 0.4) is 0 Å². The standard InChI is InChI=1S/C61H120NO7P/c1-3-5-7-9-11-13-15-17-19-21-23-25-27-29-31-33-35-37-39-41-43-45-47-49-51-53-56-66-58-60(59-68-70(64,65)67-57-55-62)69-61(63)54-52-50-48-46-44-42-40-38-36-34-32-30-28-26-24-22-20-18-16-14-12-10-8-6-4-2/h15,17,21,23,60H,3-14,16,18-20,22,24-59,62H2,1-2H3,(H,64,65)/b17-15-,23-21-. The second kappa shape index (κ2) is 58.9. The van der Waals surface area contributed by atoms with E-state index in [1.165, 1.54) is 263 Å². The molecule has 0 aromatic heterocycles. The molecule has 0 amide bonds. The molecule has 9 heteroatoms. The zero-order valence-electron chi connectivity index (χ0n) is 46.8. The van der Waals surface area contributed by atoms with Crippen molar-refractivity contribution in [2.75, 3.05) is 33.0 Å². The van der Waals surface area contributed by atoms with Gasteiger partial charge in [-0.15, -0.1) is 0 Å². The Hall–Kier alpha value is -1.02. The minimum atomic E-state index is -4.28. The van der Waals surface area contributed by atoms with E-state index in [1.807, 2.05) is 0 Å². The molecular formula is C61H120NO7P. The van der Waals surface area contributed by atoms with Crippen LogP contribution in [-0.4, -0.2) is 49.9 Å². The summed E-state index contributed by atoms with van der Waals surface area (Å²) in [5.41, 5.74) is 5.41. The van der Waals surface area contributed by atoms with Crippen molar-refractivity contribution in [2.24, 2.45) is 5.73 Å². The van der Waals surface area contributed by atoms with Crippen LogP contribution in [0.1, 0.15) is 322 Å². The quantitative estimate of drug-likeness (QED) is 0.0268. The first-order chi connectivity index (χ1) is 34.4. The van der Waals surface area contributed by atoms with E-state index in [2.05, 4.69) is 38.2 Å². The number of hydrogen-bond donors (Lipinski definition) is 2. The van der Waals surface area contributed by atoms with Gasteiger partial charge in [0.2, 0.25) is 0 Å². The highest BCUT2D eigenvalue weighted by atomic mass is 31.2. The number of carbonyl (C=O) groups is 1. The predicted octanol–water partition coefficient (Wildman–Crippen LogP) is 19.9. The van der Waals surface area contributed by atoms with Gasteiger partial charge in [0.05, 0.1) is 19.8 Å². The van der Waals surface area contributed by atoms with Gasteiger partial charge in [-0.2, -0.15) is 0 Å². The van der Waals surface area contributed by atoms with Crippen LogP contribution in [0.5, 0.6) is 0 Å². The maximum atomic E-state index is 12.7. The Morgan fingerprint density at radius 1 is 0.429 bits per heavy atom. The summed E-state index contributed by atoms with van der Waals surface area (Å²) in [7, 11) is -4.28. The molecule has 8 nitrogen and oxygen atoms in total. The van der Waals surface area contributed by atoms with Crippen LogP contribution < -0.4 is 5.73 Å². The fraction of sp³-hybridized carbons (Fsp3) is 0.918. The molecule has 2 atom stereocenters. The number of unbranched alkanes of at least 4 members (excludes halogenated alkanes) is 43. The van der Waals surface area contributed by atoms with Gasteiger partial charge >= 0.3 is 13.8 Å². The molecule has 0 aliphatic carbocycles. The molecule has 0 fully saturated rings. The minimum absolute atomic E-state index is 0.0921. The van der Waals surface area contributed by atoms with E-state index >= 15 is 0 Å². The van der Waals surface area contributed by atoms with E-state index < -0.39 is 13.9 Å². The Morgan fingerprint density at radius 2 is 0.757 bits per heavy atom. The molecule has 3 N–H and O–H groups in total. The lowest BCUT2D eigenvalue weighted by Gasteiger charge is -2.20. The zero-order chi connectivity index (χ0) is 50.8. The third-order valence-electron chi connectivity index (χ3n) is 13.9. The third kappa shape index (κ3) is 57.9. The normalized spacial score (nSPS) is 13.3. The van der Waals surface area contributed by atoms with Crippen LogP contribution in [0, 0.1) is 0 Å². The molecule has 0 aromatic rings.